The highest BCUT2D eigenvalue weighted by atomic mass is 32.2. The van der Waals surface area contributed by atoms with E-state index < -0.39 is 21.3 Å². The third-order valence-corrected chi connectivity index (χ3v) is 7.17. The standard InChI is InChI=1S/C23H23NO7S/c1-15-22(31-16-6-4-3-5-7-16)21(26)18-9-8-17(12-19(18)30-15)29-13-20(25)24-23(2)10-11-32(27,28)14-23/h3-9,12H,10-11,13-14H2,1-2H3,(H,24,25)/t23-/m0/s1. The van der Waals surface area contributed by atoms with E-state index in [2.05, 4.69) is 5.32 Å². The normalized spacial score (nSPS) is 19.6. The molecule has 0 spiro atoms. The lowest BCUT2D eigenvalue weighted by Gasteiger charge is -2.23. The lowest BCUT2D eigenvalue weighted by atomic mass is 10.0. The highest BCUT2D eigenvalue weighted by Gasteiger charge is 2.39. The van der Waals surface area contributed by atoms with Gasteiger partial charge in [0.05, 0.1) is 22.4 Å². The summed E-state index contributed by atoms with van der Waals surface area (Å²) in [5.74, 6) is 0.846. The van der Waals surface area contributed by atoms with Gasteiger partial charge >= 0.3 is 0 Å². The Morgan fingerprint density at radius 2 is 1.91 bits per heavy atom. The number of nitrogens with one attached hydrogen (secondary N) is 1. The molecule has 3 aromatic rings. The first-order valence-corrected chi connectivity index (χ1v) is 11.9. The lowest BCUT2D eigenvalue weighted by molar-refractivity contribution is -0.124. The van der Waals surface area contributed by atoms with Crippen LogP contribution in [0, 0.1) is 6.92 Å². The van der Waals surface area contributed by atoms with Gasteiger partial charge in [-0.25, -0.2) is 8.42 Å². The summed E-state index contributed by atoms with van der Waals surface area (Å²) in [5, 5.41) is 3.06. The molecule has 2 heterocycles. The molecule has 32 heavy (non-hydrogen) atoms. The van der Waals surface area contributed by atoms with Gasteiger partial charge in [-0.3, -0.25) is 9.59 Å². The monoisotopic (exact) mass is 457 g/mol. The summed E-state index contributed by atoms with van der Waals surface area (Å²) < 4.78 is 40.4. The van der Waals surface area contributed by atoms with E-state index in [9.17, 15) is 18.0 Å². The SMILES string of the molecule is Cc1oc2cc(OCC(=O)N[C@@]3(C)CCS(=O)(=O)C3)ccc2c(=O)c1Oc1ccccc1. The van der Waals surface area contributed by atoms with E-state index in [0.717, 1.165) is 0 Å². The van der Waals surface area contributed by atoms with E-state index in [1.54, 1.807) is 50.2 Å². The zero-order valence-electron chi connectivity index (χ0n) is 17.7. The van der Waals surface area contributed by atoms with Gasteiger partial charge in [0.2, 0.25) is 11.2 Å². The number of benzene rings is 2. The number of para-hydroxylation sites is 1. The van der Waals surface area contributed by atoms with Crippen molar-refractivity contribution in [2.75, 3.05) is 18.1 Å². The molecule has 1 fully saturated rings. The van der Waals surface area contributed by atoms with Gasteiger partial charge in [0, 0.05) is 6.07 Å². The van der Waals surface area contributed by atoms with Gasteiger partial charge in [-0.15, -0.1) is 0 Å². The quantitative estimate of drug-likeness (QED) is 0.606. The summed E-state index contributed by atoms with van der Waals surface area (Å²) in [5.41, 5.74) is -0.797. The summed E-state index contributed by atoms with van der Waals surface area (Å²) >= 11 is 0. The number of ether oxygens (including phenoxy) is 2. The summed E-state index contributed by atoms with van der Waals surface area (Å²) in [7, 11) is -3.13. The third-order valence-electron chi connectivity index (χ3n) is 5.26. The Kier molecular flexibility index (Phi) is 5.68. The first-order chi connectivity index (χ1) is 15.1. The molecule has 168 valence electrons. The largest absolute Gasteiger partial charge is 0.484 e. The molecule has 1 N–H and O–H groups in total. The Morgan fingerprint density at radius 3 is 2.59 bits per heavy atom. The number of aryl methyl sites for hydroxylation is 1. The number of hydrogen-bond acceptors (Lipinski definition) is 7. The predicted octanol–water partition coefficient (Wildman–Crippen LogP) is 2.97. The number of amides is 1. The van der Waals surface area contributed by atoms with E-state index in [1.165, 1.54) is 6.07 Å². The molecule has 0 aliphatic carbocycles. The summed E-state index contributed by atoms with van der Waals surface area (Å²) in [4.78, 5) is 25.1. The molecule has 2 aromatic carbocycles. The van der Waals surface area contributed by atoms with Crippen molar-refractivity contribution in [1.82, 2.24) is 5.32 Å². The zero-order chi connectivity index (χ0) is 22.9. The van der Waals surface area contributed by atoms with Gasteiger partial charge in [0.15, 0.2) is 16.4 Å². The number of fused-ring (bicyclic) bond motifs is 1. The smallest absolute Gasteiger partial charge is 0.258 e. The van der Waals surface area contributed by atoms with Crippen LogP contribution in [-0.4, -0.2) is 38.0 Å². The molecule has 1 aliphatic heterocycles. The van der Waals surface area contributed by atoms with Gasteiger partial charge in [0.1, 0.15) is 22.8 Å². The van der Waals surface area contributed by atoms with Gasteiger partial charge in [0.25, 0.3) is 5.91 Å². The van der Waals surface area contributed by atoms with Crippen LogP contribution >= 0.6 is 0 Å². The van der Waals surface area contributed by atoms with Crippen LogP contribution in [0.4, 0.5) is 0 Å². The van der Waals surface area contributed by atoms with E-state index in [-0.39, 0.29) is 29.3 Å². The molecule has 0 bridgehead atoms. The van der Waals surface area contributed by atoms with Crippen LogP contribution in [0.3, 0.4) is 0 Å². The first-order valence-electron chi connectivity index (χ1n) is 10.1. The van der Waals surface area contributed by atoms with Crippen LogP contribution in [0.5, 0.6) is 17.2 Å². The second kappa shape index (κ2) is 8.31. The Balaban J connectivity index is 1.47. The first kappa shape index (κ1) is 21.9. The van der Waals surface area contributed by atoms with Crippen molar-refractivity contribution in [3.05, 3.63) is 64.5 Å². The molecular weight excluding hydrogens is 434 g/mol. The molecule has 8 nitrogen and oxygen atoms in total. The number of hydrogen-bond donors (Lipinski definition) is 1. The molecule has 1 amide bonds. The molecule has 0 unspecified atom stereocenters. The van der Waals surface area contributed by atoms with Crippen molar-refractivity contribution in [2.24, 2.45) is 0 Å². The summed E-state index contributed by atoms with van der Waals surface area (Å²) in [6, 6.07) is 13.6. The van der Waals surface area contributed by atoms with Gasteiger partial charge in [-0.1, -0.05) is 18.2 Å². The maximum absolute atomic E-state index is 12.9. The maximum Gasteiger partial charge on any atom is 0.258 e. The second-order valence-electron chi connectivity index (χ2n) is 8.13. The third kappa shape index (κ3) is 4.77. The predicted molar refractivity (Wildman–Crippen MR) is 119 cm³/mol. The summed E-state index contributed by atoms with van der Waals surface area (Å²) in [6.07, 6.45) is 0.370. The van der Waals surface area contributed by atoms with Crippen LogP contribution in [0.15, 0.2) is 57.7 Å². The Labute approximate surface area is 185 Å². The topological polar surface area (TPSA) is 112 Å². The van der Waals surface area contributed by atoms with Crippen LogP contribution in [-0.2, 0) is 14.6 Å². The van der Waals surface area contributed by atoms with Crippen LogP contribution in [0.25, 0.3) is 11.0 Å². The average Bonchev–Trinajstić information content (AvgIpc) is 3.02. The van der Waals surface area contributed by atoms with E-state index >= 15 is 0 Å². The molecule has 1 aromatic heterocycles. The lowest BCUT2D eigenvalue weighted by Crippen LogP contribution is -2.48. The van der Waals surface area contributed by atoms with Gasteiger partial charge in [-0.2, -0.15) is 0 Å². The maximum atomic E-state index is 12.9. The number of carbonyl (C=O) groups excluding carboxylic acids is 1. The van der Waals surface area contributed by atoms with Crippen molar-refractivity contribution in [1.29, 1.82) is 0 Å². The number of rotatable bonds is 6. The van der Waals surface area contributed by atoms with Crippen molar-refractivity contribution in [2.45, 2.75) is 25.8 Å². The second-order valence-corrected chi connectivity index (χ2v) is 10.3. The van der Waals surface area contributed by atoms with Crippen LogP contribution < -0.4 is 20.2 Å². The van der Waals surface area contributed by atoms with Gasteiger partial charge in [-0.05, 0) is 44.5 Å². The molecule has 0 saturated carbocycles. The molecule has 1 atom stereocenters. The fraction of sp³-hybridized carbons (Fsp3) is 0.304. The van der Waals surface area contributed by atoms with E-state index in [4.69, 9.17) is 13.9 Å². The highest BCUT2D eigenvalue weighted by molar-refractivity contribution is 7.91. The fourth-order valence-electron chi connectivity index (χ4n) is 3.71. The minimum Gasteiger partial charge on any atom is -0.484 e. The van der Waals surface area contributed by atoms with Crippen LogP contribution in [0.2, 0.25) is 0 Å². The summed E-state index contributed by atoms with van der Waals surface area (Å²) in [6.45, 7) is 3.05. The fourth-order valence-corrected chi connectivity index (χ4v) is 5.81. The number of carbonyl (C=O) groups is 1. The molecule has 1 aliphatic rings. The molecule has 9 heteroatoms. The Morgan fingerprint density at radius 1 is 1.16 bits per heavy atom. The Hall–Kier alpha value is -3.33. The van der Waals surface area contributed by atoms with Crippen molar-refractivity contribution >= 4 is 26.7 Å². The van der Waals surface area contributed by atoms with E-state index in [1.807, 2.05) is 6.07 Å². The zero-order valence-corrected chi connectivity index (χ0v) is 18.5. The van der Waals surface area contributed by atoms with Crippen LogP contribution in [0.1, 0.15) is 19.1 Å². The molecule has 4 rings (SSSR count). The molecule has 1 saturated heterocycles. The number of sulfone groups is 1. The minimum absolute atomic E-state index is 0.0592. The molecule has 0 radical (unpaired) electrons. The van der Waals surface area contributed by atoms with Crippen molar-refractivity contribution in [3.8, 4) is 17.2 Å². The molecular formula is C23H23NO7S. The van der Waals surface area contributed by atoms with Gasteiger partial charge < -0.3 is 19.2 Å². The highest BCUT2D eigenvalue weighted by Crippen LogP contribution is 2.27. The van der Waals surface area contributed by atoms with Crippen molar-refractivity contribution in [3.63, 3.8) is 0 Å². The Bertz CT molecular complexity index is 1330. The average molecular weight is 458 g/mol. The van der Waals surface area contributed by atoms with Crippen molar-refractivity contribution < 1.29 is 27.1 Å². The minimum atomic E-state index is -3.13. The van der Waals surface area contributed by atoms with E-state index in [0.29, 0.717) is 34.6 Å².